The number of ether oxygens (including phenoxy) is 2. The maximum absolute atomic E-state index is 13.4. The van der Waals surface area contributed by atoms with E-state index in [1.807, 2.05) is 10.8 Å². The standard InChI is InChI=1S/C29H29F3N6O5S/c1-16(17-2-6-21(30)7-3-17)43-23-14-19(4-8-22(23)38-44(40,41)29(31)32)26-25(27(33)39)28(37-36-26)35-24-9-5-20(15-34-24)18-10-12-42-13-11-18/h2-9,14-16,18,29,38H,10-13H2,1H3,(H2,33,39)(H2,34,35,36,37). The van der Waals surface area contributed by atoms with E-state index in [0.717, 1.165) is 18.4 Å². The molecule has 0 saturated carbocycles. The van der Waals surface area contributed by atoms with Crippen LogP contribution in [0.2, 0.25) is 0 Å². The number of anilines is 3. The zero-order valence-corrected chi connectivity index (χ0v) is 24.2. The predicted molar refractivity (Wildman–Crippen MR) is 157 cm³/mol. The van der Waals surface area contributed by atoms with E-state index in [9.17, 15) is 26.4 Å². The van der Waals surface area contributed by atoms with Crippen LogP contribution >= 0.6 is 0 Å². The number of primary amides is 1. The first-order valence-electron chi connectivity index (χ1n) is 13.6. The lowest BCUT2D eigenvalue weighted by molar-refractivity contribution is 0.0853. The minimum absolute atomic E-state index is 0.0289. The first kappa shape index (κ1) is 30.8. The van der Waals surface area contributed by atoms with Crippen molar-refractivity contribution < 1.29 is 35.9 Å². The lowest BCUT2D eigenvalue weighted by Gasteiger charge is -2.22. The maximum atomic E-state index is 13.4. The van der Waals surface area contributed by atoms with E-state index >= 15 is 0 Å². The maximum Gasteiger partial charge on any atom is 0.355 e. The van der Waals surface area contributed by atoms with Crippen molar-refractivity contribution in [3.05, 3.63) is 83.3 Å². The minimum Gasteiger partial charge on any atom is -0.484 e. The summed E-state index contributed by atoms with van der Waals surface area (Å²) >= 11 is 0. The molecule has 5 rings (SSSR count). The summed E-state index contributed by atoms with van der Waals surface area (Å²) in [5.41, 5.74) is 7.34. The normalized spacial score (nSPS) is 14.8. The number of nitrogens with zero attached hydrogens (tertiary/aromatic N) is 2. The molecule has 2 aromatic heterocycles. The third kappa shape index (κ3) is 6.94. The van der Waals surface area contributed by atoms with Gasteiger partial charge in [0.1, 0.15) is 40.6 Å². The van der Waals surface area contributed by atoms with Gasteiger partial charge in [-0.3, -0.25) is 14.6 Å². The summed E-state index contributed by atoms with van der Waals surface area (Å²) in [7, 11) is -5.05. The minimum atomic E-state index is -5.05. The summed E-state index contributed by atoms with van der Waals surface area (Å²) < 4.78 is 76.9. The van der Waals surface area contributed by atoms with E-state index in [-0.39, 0.29) is 34.1 Å². The molecule has 15 heteroatoms. The zero-order chi connectivity index (χ0) is 31.4. The Morgan fingerprint density at radius 2 is 1.84 bits per heavy atom. The van der Waals surface area contributed by atoms with Crippen molar-refractivity contribution in [1.82, 2.24) is 15.2 Å². The lowest BCUT2D eigenvalue weighted by atomic mass is 9.93. The Kier molecular flexibility index (Phi) is 9.06. The molecule has 3 heterocycles. The van der Waals surface area contributed by atoms with Crippen LogP contribution in [0, 0.1) is 5.82 Å². The first-order chi connectivity index (χ1) is 21.0. The largest absolute Gasteiger partial charge is 0.484 e. The highest BCUT2D eigenvalue weighted by molar-refractivity contribution is 7.93. The summed E-state index contributed by atoms with van der Waals surface area (Å²) in [4.78, 5) is 17.0. The number of amides is 1. The van der Waals surface area contributed by atoms with Crippen LogP contribution in [0.4, 0.5) is 30.5 Å². The fourth-order valence-corrected chi connectivity index (χ4v) is 5.37. The molecule has 1 fully saturated rings. The molecule has 0 spiro atoms. The van der Waals surface area contributed by atoms with Crippen molar-refractivity contribution >= 4 is 33.3 Å². The number of carbonyl (C=O) groups excluding carboxylic acids is 1. The van der Waals surface area contributed by atoms with Gasteiger partial charge in [-0.05, 0) is 67.1 Å². The number of carbonyl (C=O) groups is 1. The number of aromatic nitrogens is 3. The van der Waals surface area contributed by atoms with E-state index in [0.29, 0.717) is 30.5 Å². The monoisotopic (exact) mass is 630 g/mol. The molecule has 1 amide bonds. The van der Waals surface area contributed by atoms with Crippen molar-refractivity contribution in [3.63, 3.8) is 0 Å². The topological polar surface area (TPSA) is 161 Å². The van der Waals surface area contributed by atoms with Crippen molar-refractivity contribution in [2.75, 3.05) is 23.3 Å². The number of alkyl halides is 2. The molecular formula is C29H29F3N6O5S. The predicted octanol–water partition coefficient (Wildman–Crippen LogP) is 5.45. The van der Waals surface area contributed by atoms with Crippen LogP contribution in [0.5, 0.6) is 5.75 Å². The number of benzene rings is 2. The second-order valence-electron chi connectivity index (χ2n) is 10.1. The third-order valence-electron chi connectivity index (χ3n) is 7.13. The molecule has 0 radical (unpaired) electrons. The van der Waals surface area contributed by atoms with Crippen LogP contribution in [0.25, 0.3) is 11.3 Å². The van der Waals surface area contributed by atoms with Crippen LogP contribution < -0.4 is 20.5 Å². The van der Waals surface area contributed by atoms with Gasteiger partial charge in [-0.1, -0.05) is 24.3 Å². The molecule has 0 aliphatic carbocycles. The van der Waals surface area contributed by atoms with Crippen molar-refractivity contribution in [1.29, 1.82) is 0 Å². The van der Waals surface area contributed by atoms with Crippen molar-refractivity contribution in [3.8, 4) is 17.0 Å². The molecule has 0 bridgehead atoms. The number of pyridine rings is 1. The summed E-state index contributed by atoms with van der Waals surface area (Å²) in [5.74, 6) is -4.23. The molecule has 5 N–H and O–H groups in total. The number of nitrogens with one attached hydrogen (secondary N) is 3. The second-order valence-corrected chi connectivity index (χ2v) is 11.8. The van der Waals surface area contributed by atoms with Crippen LogP contribution in [0.15, 0.2) is 60.8 Å². The van der Waals surface area contributed by atoms with E-state index in [2.05, 4.69) is 20.5 Å². The number of sulfonamides is 1. The number of hydrogen-bond acceptors (Lipinski definition) is 8. The first-order valence-corrected chi connectivity index (χ1v) is 15.1. The second kappa shape index (κ2) is 12.9. The molecule has 232 valence electrons. The molecule has 1 saturated heterocycles. The van der Waals surface area contributed by atoms with Gasteiger partial charge in [0.25, 0.3) is 15.9 Å². The number of aromatic amines is 1. The van der Waals surface area contributed by atoms with E-state index in [1.54, 1.807) is 19.2 Å². The van der Waals surface area contributed by atoms with E-state index in [1.165, 1.54) is 42.5 Å². The lowest BCUT2D eigenvalue weighted by Crippen LogP contribution is -2.21. The molecule has 11 nitrogen and oxygen atoms in total. The van der Waals surface area contributed by atoms with Gasteiger partial charge in [-0.25, -0.2) is 17.8 Å². The number of rotatable bonds is 11. The molecular weight excluding hydrogens is 601 g/mol. The average Bonchev–Trinajstić information content (AvgIpc) is 3.43. The third-order valence-corrected chi connectivity index (χ3v) is 8.10. The number of halogens is 3. The average molecular weight is 631 g/mol. The Bertz CT molecular complexity index is 1730. The van der Waals surface area contributed by atoms with Gasteiger partial charge in [-0.15, -0.1) is 0 Å². The smallest absolute Gasteiger partial charge is 0.355 e. The summed E-state index contributed by atoms with van der Waals surface area (Å²) in [6.07, 6.45) is 2.80. The Morgan fingerprint density at radius 1 is 1.11 bits per heavy atom. The number of nitrogens with two attached hydrogens (primary N) is 1. The number of H-pyrrole nitrogens is 1. The SMILES string of the molecule is CC(Oc1cc(-c2n[nH]c(Nc3ccc(C4CCOCC4)cn3)c2C(N)=O)ccc1NS(=O)(=O)C(F)F)c1ccc(F)cc1. The van der Waals surface area contributed by atoms with Gasteiger partial charge in [0.05, 0.1) is 5.69 Å². The van der Waals surface area contributed by atoms with Gasteiger partial charge in [0, 0.05) is 25.0 Å². The quantitative estimate of drug-likeness (QED) is 0.170. The fourth-order valence-electron chi connectivity index (χ4n) is 4.80. The summed E-state index contributed by atoms with van der Waals surface area (Å²) in [6.45, 7) is 3.00. The molecule has 4 aromatic rings. The van der Waals surface area contributed by atoms with Crippen LogP contribution in [0.3, 0.4) is 0 Å². The van der Waals surface area contributed by atoms with Gasteiger partial charge in [0.2, 0.25) is 0 Å². The molecule has 1 unspecified atom stereocenters. The van der Waals surface area contributed by atoms with Crippen LogP contribution in [-0.2, 0) is 14.8 Å². The Hall–Kier alpha value is -4.63. The number of hydrogen-bond donors (Lipinski definition) is 4. The van der Waals surface area contributed by atoms with Gasteiger partial charge in [-0.2, -0.15) is 13.9 Å². The molecule has 1 atom stereocenters. The molecule has 44 heavy (non-hydrogen) atoms. The Labute approximate surface area is 251 Å². The molecule has 1 aliphatic heterocycles. The highest BCUT2D eigenvalue weighted by atomic mass is 32.2. The highest BCUT2D eigenvalue weighted by Crippen LogP contribution is 2.37. The zero-order valence-electron chi connectivity index (χ0n) is 23.4. The molecule has 2 aromatic carbocycles. The van der Waals surface area contributed by atoms with E-state index < -0.39 is 33.6 Å². The molecule has 1 aliphatic rings. The Balaban J connectivity index is 1.46. The van der Waals surface area contributed by atoms with Gasteiger partial charge in [0.15, 0.2) is 0 Å². The Morgan fingerprint density at radius 3 is 2.48 bits per heavy atom. The van der Waals surface area contributed by atoms with Crippen molar-refractivity contribution in [2.24, 2.45) is 5.73 Å². The summed E-state index contributed by atoms with van der Waals surface area (Å²) in [6, 6.07) is 13.0. The van der Waals surface area contributed by atoms with Crippen LogP contribution in [-0.4, -0.2) is 48.5 Å². The van der Waals surface area contributed by atoms with Crippen LogP contribution in [0.1, 0.15) is 53.3 Å². The van der Waals surface area contributed by atoms with Gasteiger partial charge < -0.3 is 20.5 Å². The van der Waals surface area contributed by atoms with E-state index in [4.69, 9.17) is 15.2 Å². The van der Waals surface area contributed by atoms with Gasteiger partial charge >= 0.3 is 5.76 Å². The highest BCUT2D eigenvalue weighted by Gasteiger charge is 2.27. The fraction of sp³-hybridized carbons (Fsp3) is 0.276. The van der Waals surface area contributed by atoms with Crippen molar-refractivity contribution in [2.45, 2.75) is 37.5 Å². The summed E-state index contributed by atoms with van der Waals surface area (Å²) in [5, 5.41) is 9.97.